The van der Waals surface area contributed by atoms with E-state index in [1.807, 2.05) is 19.9 Å². The van der Waals surface area contributed by atoms with Crippen molar-refractivity contribution in [2.45, 2.75) is 39.1 Å². The van der Waals surface area contributed by atoms with E-state index in [1.165, 1.54) is 0 Å². The number of hydrogen-bond acceptors (Lipinski definition) is 6. The first-order valence-electron chi connectivity index (χ1n) is 7.39. The molecule has 1 fully saturated rings. The molecular formula is C15H21O7P. The monoisotopic (exact) mass is 344 g/mol. The molecule has 0 aromatic heterocycles. The van der Waals surface area contributed by atoms with Crippen LogP contribution >= 0.6 is 7.82 Å². The lowest BCUT2D eigenvalue weighted by Gasteiger charge is -2.15. The van der Waals surface area contributed by atoms with Crippen molar-refractivity contribution in [3.05, 3.63) is 35.9 Å². The van der Waals surface area contributed by atoms with Gasteiger partial charge in [-0.25, -0.2) is 9.36 Å². The van der Waals surface area contributed by atoms with Gasteiger partial charge >= 0.3 is 14.0 Å². The molecule has 2 rings (SSSR count). The Kier molecular flexibility index (Phi) is 6.18. The number of phosphoric ester groups is 1. The van der Waals surface area contributed by atoms with Crippen LogP contribution in [-0.2, 0) is 29.7 Å². The van der Waals surface area contributed by atoms with E-state index in [1.54, 1.807) is 24.3 Å². The van der Waals surface area contributed by atoms with Gasteiger partial charge in [0.05, 0.1) is 18.8 Å². The third kappa shape index (κ3) is 5.95. The van der Waals surface area contributed by atoms with Gasteiger partial charge in [0.15, 0.2) is 0 Å². The highest BCUT2D eigenvalue weighted by atomic mass is 31.2. The molecular weight excluding hydrogens is 323 g/mol. The smallest absolute Gasteiger partial charge is 0.429 e. The highest BCUT2D eigenvalue weighted by Crippen LogP contribution is 2.44. The maximum absolute atomic E-state index is 11.7. The molecule has 1 aliphatic rings. The summed E-state index contributed by atoms with van der Waals surface area (Å²) in [6.07, 6.45) is -0.754. The lowest BCUT2D eigenvalue weighted by molar-refractivity contribution is 0.00960. The third-order valence-corrected chi connectivity index (χ3v) is 4.51. The molecule has 1 heterocycles. The molecule has 128 valence electrons. The van der Waals surface area contributed by atoms with E-state index in [0.29, 0.717) is 5.92 Å². The fourth-order valence-corrected chi connectivity index (χ4v) is 2.90. The number of ether oxygens (including phenoxy) is 2. The molecule has 0 bridgehead atoms. The second-order valence-corrected chi connectivity index (χ2v) is 6.93. The molecule has 0 radical (unpaired) electrons. The van der Waals surface area contributed by atoms with E-state index in [-0.39, 0.29) is 25.4 Å². The van der Waals surface area contributed by atoms with Crippen LogP contribution in [0, 0.1) is 5.92 Å². The van der Waals surface area contributed by atoms with Crippen molar-refractivity contribution in [3.8, 4) is 0 Å². The van der Waals surface area contributed by atoms with E-state index in [9.17, 15) is 14.3 Å². The highest BCUT2D eigenvalue weighted by molar-refractivity contribution is 7.48. The minimum Gasteiger partial charge on any atom is -0.429 e. The second-order valence-electron chi connectivity index (χ2n) is 5.56. The van der Waals surface area contributed by atoms with Crippen LogP contribution in [0.1, 0.15) is 25.8 Å². The van der Waals surface area contributed by atoms with Crippen LogP contribution in [0.4, 0.5) is 4.79 Å². The zero-order chi connectivity index (χ0) is 16.9. The fraction of sp³-hybridized carbons (Fsp3) is 0.533. The van der Waals surface area contributed by atoms with Crippen LogP contribution in [0.5, 0.6) is 0 Å². The number of rotatable bonds is 6. The highest BCUT2D eigenvalue weighted by Gasteiger charge is 2.33. The normalized spacial score (nSPS) is 26.5. The molecule has 7 nitrogen and oxygen atoms in total. The van der Waals surface area contributed by atoms with E-state index >= 15 is 0 Å². The SMILES string of the molecule is CC1C[C@@H](COP(=O)(O)OC(=O)OCc2ccccc2)O[C@H]1C. The Morgan fingerprint density at radius 2 is 2.04 bits per heavy atom. The van der Waals surface area contributed by atoms with Crippen LogP contribution in [0.15, 0.2) is 30.3 Å². The van der Waals surface area contributed by atoms with E-state index in [4.69, 9.17) is 14.0 Å². The molecule has 1 aromatic rings. The molecule has 23 heavy (non-hydrogen) atoms. The molecule has 0 aliphatic carbocycles. The minimum atomic E-state index is -4.52. The Hall–Kier alpha value is -1.40. The van der Waals surface area contributed by atoms with E-state index in [2.05, 4.69) is 4.52 Å². The summed E-state index contributed by atoms with van der Waals surface area (Å²) < 4.78 is 31.2. The quantitative estimate of drug-likeness (QED) is 0.625. The van der Waals surface area contributed by atoms with Gasteiger partial charge < -0.3 is 14.0 Å². The van der Waals surface area contributed by atoms with Gasteiger partial charge in [0.1, 0.15) is 6.61 Å². The van der Waals surface area contributed by atoms with Gasteiger partial charge in [0.2, 0.25) is 0 Å². The summed E-state index contributed by atoms with van der Waals surface area (Å²) in [5, 5.41) is 0. The van der Waals surface area contributed by atoms with E-state index < -0.39 is 14.0 Å². The Bertz CT molecular complexity index is 552. The van der Waals surface area contributed by atoms with Crippen molar-refractivity contribution >= 4 is 14.0 Å². The minimum absolute atomic E-state index is 0.0551. The first-order chi connectivity index (χ1) is 10.9. The van der Waals surface area contributed by atoms with Crippen molar-refractivity contribution < 1.29 is 32.8 Å². The molecule has 1 aliphatic heterocycles. The van der Waals surface area contributed by atoms with Crippen LogP contribution in [0.3, 0.4) is 0 Å². The van der Waals surface area contributed by atoms with Crippen molar-refractivity contribution in [2.24, 2.45) is 5.92 Å². The largest absolute Gasteiger partial charge is 0.532 e. The zero-order valence-electron chi connectivity index (χ0n) is 13.1. The van der Waals surface area contributed by atoms with Crippen LogP contribution in [-0.4, -0.2) is 29.9 Å². The van der Waals surface area contributed by atoms with Crippen LogP contribution < -0.4 is 0 Å². The topological polar surface area (TPSA) is 91.3 Å². The van der Waals surface area contributed by atoms with Crippen LogP contribution in [0.2, 0.25) is 0 Å². The van der Waals surface area contributed by atoms with Gasteiger partial charge in [-0.3, -0.25) is 9.42 Å². The van der Waals surface area contributed by atoms with Crippen LogP contribution in [0.25, 0.3) is 0 Å². The zero-order valence-corrected chi connectivity index (χ0v) is 14.0. The lowest BCUT2D eigenvalue weighted by atomic mass is 10.0. The molecule has 1 saturated heterocycles. The van der Waals surface area contributed by atoms with Gasteiger partial charge in [-0.1, -0.05) is 37.3 Å². The number of hydrogen-bond donors (Lipinski definition) is 1. The number of carbonyl (C=O) groups is 1. The summed E-state index contributed by atoms with van der Waals surface area (Å²) in [5.74, 6) is 0.346. The Morgan fingerprint density at radius 1 is 1.35 bits per heavy atom. The van der Waals surface area contributed by atoms with Gasteiger partial charge in [-0.2, -0.15) is 0 Å². The van der Waals surface area contributed by atoms with E-state index in [0.717, 1.165) is 12.0 Å². The average Bonchev–Trinajstić information content (AvgIpc) is 2.83. The maximum Gasteiger partial charge on any atom is 0.532 e. The second kappa shape index (κ2) is 7.93. The predicted molar refractivity (Wildman–Crippen MR) is 81.6 cm³/mol. The predicted octanol–water partition coefficient (Wildman–Crippen LogP) is 3.27. The van der Waals surface area contributed by atoms with Gasteiger partial charge in [-0.05, 0) is 24.8 Å². The number of phosphoric acid groups is 1. The number of benzene rings is 1. The molecule has 0 saturated carbocycles. The van der Waals surface area contributed by atoms with Gasteiger partial charge in [-0.15, -0.1) is 0 Å². The molecule has 1 N–H and O–H groups in total. The first kappa shape index (κ1) is 17.9. The molecule has 0 amide bonds. The van der Waals surface area contributed by atoms with Crippen molar-refractivity contribution in [1.82, 2.24) is 0 Å². The first-order valence-corrected chi connectivity index (χ1v) is 8.88. The summed E-state index contributed by atoms with van der Waals surface area (Å²) in [6.45, 7) is 3.79. The molecule has 2 unspecified atom stereocenters. The Balaban J connectivity index is 1.72. The summed E-state index contributed by atoms with van der Waals surface area (Å²) in [6, 6.07) is 8.90. The van der Waals surface area contributed by atoms with Crippen molar-refractivity contribution in [3.63, 3.8) is 0 Å². The Labute approximate surface area is 135 Å². The Morgan fingerprint density at radius 3 is 2.65 bits per heavy atom. The average molecular weight is 344 g/mol. The maximum atomic E-state index is 11.7. The molecule has 1 aromatic carbocycles. The summed E-state index contributed by atoms with van der Waals surface area (Å²) in [7, 11) is -4.52. The lowest BCUT2D eigenvalue weighted by Crippen LogP contribution is -2.16. The summed E-state index contributed by atoms with van der Waals surface area (Å²) >= 11 is 0. The van der Waals surface area contributed by atoms with Crippen molar-refractivity contribution in [2.75, 3.05) is 6.61 Å². The molecule has 4 atom stereocenters. The van der Waals surface area contributed by atoms with Gasteiger partial charge in [0, 0.05) is 0 Å². The molecule has 8 heteroatoms. The number of carbonyl (C=O) groups excluding carboxylic acids is 1. The van der Waals surface area contributed by atoms with Gasteiger partial charge in [0.25, 0.3) is 0 Å². The van der Waals surface area contributed by atoms with Crippen molar-refractivity contribution in [1.29, 1.82) is 0 Å². The fourth-order valence-electron chi connectivity index (χ4n) is 2.25. The summed E-state index contributed by atoms with van der Waals surface area (Å²) in [5.41, 5.74) is 0.737. The molecule has 0 spiro atoms. The third-order valence-electron chi connectivity index (χ3n) is 3.66. The standard InChI is InChI=1S/C15H21O7P/c1-11-8-14(21-12(11)2)10-20-23(17,18)22-15(16)19-9-13-6-4-3-5-7-13/h3-7,11-12,14H,8-10H2,1-2H3,(H,17,18)/t11?,12-,14-/m0/s1. The summed E-state index contributed by atoms with van der Waals surface area (Å²) in [4.78, 5) is 21.0.